The van der Waals surface area contributed by atoms with E-state index in [0.717, 1.165) is 5.56 Å². The SMILES string of the molecule is Nc1ncnc2c1ncn2[C@@H]1O[C@H](CNC(=O)CSc2nc3c(N)ncnc3n2Cc2ccccc2)C(O)[C@@H]1O. The second kappa shape index (κ2) is 10.6. The first-order valence-electron chi connectivity index (χ1n) is 12.3. The lowest BCUT2D eigenvalue weighted by Crippen LogP contribution is -2.40. The third kappa shape index (κ3) is 4.77. The number of nitrogens with one attached hydrogen (secondary N) is 1. The summed E-state index contributed by atoms with van der Waals surface area (Å²) in [4.78, 5) is 37.9. The number of nitrogens with zero attached hydrogens (tertiary/aromatic N) is 8. The quantitative estimate of drug-likeness (QED) is 0.153. The molecule has 5 aromatic rings. The van der Waals surface area contributed by atoms with Crippen LogP contribution in [0.15, 0.2) is 54.5 Å². The van der Waals surface area contributed by atoms with E-state index in [1.165, 1.54) is 35.3 Å². The second-order valence-electron chi connectivity index (χ2n) is 9.12. The van der Waals surface area contributed by atoms with Gasteiger partial charge in [0.05, 0.1) is 18.6 Å². The molecule has 1 saturated heterocycles. The van der Waals surface area contributed by atoms with Crippen LogP contribution < -0.4 is 16.8 Å². The summed E-state index contributed by atoms with van der Waals surface area (Å²) in [6.45, 7) is 0.454. The molecule has 0 saturated carbocycles. The van der Waals surface area contributed by atoms with Crippen molar-refractivity contribution in [3.63, 3.8) is 0 Å². The number of anilines is 2. The maximum atomic E-state index is 12.8. The summed E-state index contributed by atoms with van der Waals surface area (Å²) in [5.41, 5.74) is 14.6. The van der Waals surface area contributed by atoms with Crippen molar-refractivity contribution in [2.75, 3.05) is 23.8 Å². The first-order valence-corrected chi connectivity index (χ1v) is 13.2. The Balaban J connectivity index is 1.11. The highest BCUT2D eigenvalue weighted by atomic mass is 32.2. The number of nitrogens with two attached hydrogens (primary N) is 2. The molecule has 0 spiro atoms. The summed E-state index contributed by atoms with van der Waals surface area (Å²) in [5.74, 6) is 0.154. The number of aromatic nitrogens is 8. The number of fused-ring (bicyclic) bond motifs is 2. The monoisotopic (exact) mass is 563 g/mol. The minimum Gasteiger partial charge on any atom is -0.387 e. The third-order valence-electron chi connectivity index (χ3n) is 6.54. The van der Waals surface area contributed by atoms with Gasteiger partial charge in [-0.05, 0) is 5.56 Å². The largest absolute Gasteiger partial charge is 0.387 e. The molecule has 1 aromatic carbocycles. The Morgan fingerprint density at radius 3 is 2.48 bits per heavy atom. The maximum absolute atomic E-state index is 12.8. The van der Waals surface area contributed by atoms with E-state index in [4.69, 9.17) is 16.2 Å². The predicted octanol–water partition coefficient (Wildman–Crippen LogP) is -0.294. The van der Waals surface area contributed by atoms with Crippen LogP contribution in [0.2, 0.25) is 0 Å². The molecule has 1 amide bonds. The molecule has 1 aliphatic rings. The van der Waals surface area contributed by atoms with Crippen LogP contribution in [0.3, 0.4) is 0 Å². The molecule has 40 heavy (non-hydrogen) atoms. The van der Waals surface area contributed by atoms with Crippen LogP contribution in [0, 0.1) is 0 Å². The van der Waals surface area contributed by atoms with Gasteiger partial charge in [-0.25, -0.2) is 29.9 Å². The molecule has 1 unspecified atom stereocenters. The van der Waals surface area contributed by atoms with Crippen molar-refractivity contribution in [2.45, 2.75) is 36.2 Å². The number of ether oxygens (including phenoxy) is 1. The van der Waals surface area contributed by atoms with E-state index in [2.05, 4.69) is 35.2 Å². The first kappa shape index (κ1) is 25.9. The molecule has 5 heterocycles. The molecule has 1 aliphatic heterocycles. The number of amides is 1. The van der Waals surface area contributed by atoms with Crippen LogP contribution in [0.25, 0.3) is 22.3 Å². The Labute approximate surface area is 230 Å². The molecule has 7 N–H and O–H groups in total. The van der Waals surface area contributed by atoms with Gasteiger partial charge in [-0.1, -0.05) is 42.1 Å². The standard InChI is InChI=1S/C24H25N11O4S/c25-19-15-21(30-9-28-19)35(11-32-15)23-18(38)17(37)13(39-23)6-27-14(36)8-40-24-33-16-20(26)29-10-31-22(16)34(24)7-12-4-2-1-3-5-12/h1-5,9-11,13,17-18,23,37-38H,6-8H2,(H,27,36)(H2,25,28,30)(H2,26,29,31)/t13-,17?,18+,23-/m1/s1. The lowest BCUT2D eigenvalue weighted by Gasteiger charge is -2.16. The fourth-order valence-corrected chi connectivity index (χ4v) is 5.36. The van der Waals surface area contributed by atoms with Crippen molar-refractivity contribution >= 4 is 51.6 Å². The predicted molar refractivity (Wildman–Crippen MR) is 145 cm³/mol. The summed E-state index contributed by atoms with van der Waals surface area (Å²) < 4.78 is 9.25. The first-order chi connectivity index (χ1) is 19.4. The van der Waals surface area contributed by atoms with E-state index in [1.54, 1.807) is 0 Å². The van der Waals surface area contributed by atoms with Gasteiger partial charge in [0, 0.05) is 6.54 Å². The molecule has 4 atom stereocenters. The van der Waals surface area contributed by atoms with Gasteiger partial charge in [-0.3, -0.25) is 13.9 Å². The number of carbonyl (C=O) groups is 1. The van der Waals surface area contributed by atoms with Crippen molar-refractivity contribution in [3.05, 3.63) is 54.9 Å². The number of hydrogen-bond donors (Lipinski definition) is 5. The molecule has 4 aromatic heterocycles. The minimum atomic E-state index is -1.28. The van der Waals surface area contributed by atoms with Crippen LogP contribution >= 0.6 is 11.8 Å². The highest BCUT2D eigenvalue weighted by molar-refractivity contribution is 7.99. The zero-order valence-corrected chi connectivity index (χ0v) is 21.7. The summed E-state index contributed by atoms with van der Waals surface area (Å²) >= 11 is 1.22. The number of nitrogen functional groups attached to an aromatic ring is 2. The smallest absolute Gasteiger partial charge is 0.230 e. The van der Waals surface area contributed by atoms with Gasteiger partial charge >= 0.3 is 0 Å². The normalized spacial score (nSPS) is 20.9. The third-order valence-corrected chi connectivity index (χ3v) is 7.52. The Morgan fingerprint density at radius 1 is 0.975 bits per heavy atom. The molecule has 1 fully saturated rings. The average Bonchev–Trinajstić information content (AvgIpc) is 3.63. The maximum Gasteiger partial charge on any atom is 0.230 e. The van der Waals surface area contributed by atoms with Crippen LogP contribution in [0.5, 0.6) is 0 Å². The highest BCUT2D eigenvalue weighted by Crippen LogP contribution is 2.32. The number of aliphatic hydroxyl groups is 2. The lowest BCUT2D eigenvalue weighted by molar-refractivity contribution is -0.119. The van der Waals surface area contributed by atoms with Crippen molar-refractivity contribution in [2.24, 2.45) is 0 Å². The molecule has 0 bridgehead atoms. The number of hydrogen-bond acceptors (Lipinski definition) is 13. The van der Waals surface area contributed by atoms with E-state index >= 15 is 0 Å². The summed E-state index contributed by atoms with van der Waals surface area (Å²) in [6, 6.07) is 9.79. The van der Waals surface area contributed by atoms with Gasteiger partial charge in [-0.2, -0.15) is 0 Å². The number of imidazole rings is 2. The lowest BCUT2D eigenvalue weighted by atomic mass is 10.1. The molecular formula is C24H25N11O4S. The zero-order valence-electron chi connectivity index (χ0n) is 20.9. The molecule has 15 nitrogen and oxygen atoms in total. The van der Waals surface area contributed by atoms with Gasteiger partial charge in [0.25, 0.3) is 0 Å². The topological polar surface area (TPSA) is 218 Å². The molecule has 6 rings (SSSR count). The fraction of sp³-hybridized carbons (Fsp3) is 0.292. The van der Waals surface area contributed by atoms with E-state index in [1.807, 2.05) is 34.9 Å². The molecule has 206 valence electrons. The zero-order chi connectivity index (χ0) is 27.8. The minimum absolute atomic E-state index is 0.0304. The Kier molecular flexibility index (Phi) is 6.89. The number of thioether (sulfide) groups is 1. The van der Waals surface area contributed by atoms with Crippen molar-refractivity contribution in [1.82, 2.24) is 44.4 Å². The van der Waals surface area contributed by atoms with Crippen LogP contribution in [0.4, 0.5) is 11.6 Å². The molecule has 0 radical (unpaired) electrons. The second-order valence-corrected chi connectivity index (χ2v) is 10.1. The van der Waals surface area contributed by atoms with Gasteiger partial charge in [0.1, 0.15) is 36.5 Å². The van der Waals surface area contributed by atoms with Crippen molar-refractivity contribution in [3.8, 4) is 0 Å². The molecular weight excluding hydrogens is 538 g/mol. The van der Waals surface area contributed by atoms with Gasteiger partial charge in [0.15, 0.2) is 39.8 Å². The molecule has 0 aliphatic carbocycles. The number of rotatable bonds is 8. The van der Waals surface area contributed by atoms with Crippen LogP contribution in [-0.4, -0.2) is 85.8 Å². The Morgan fingerprint density at radius 2 is 1.70 bits per heavy atom. The van der Waals surface area contributed by atoms with E-state index in [0.29, 0.717) is 34.0 Å². The number of carbonyl (C=O) groups excluding carboxylic acids is 1. The highest BCUT2D eigenvalue weighted by Gasteiger charge is 2.44. The summed E-state index contributed by atoms with van der Waals surface area (Å²) in [6.07, 6.45) is -0.325. The summed E-state index contributed by atoms with van der Waals surface area (Å²) in [5, 5.41) is 24.6. The number of aliphatic hydroxyl groups excluding tert-OH is 2. The van der Waals surface area contributed by atoms with E-state index < -0.39 is 24.5 Å². The van der Waals surface area contributed by atoms with Gasteiger partial charge in [0.2, 0.25) is 5.91 Å². The van der Waals surface area contributed by atoms with Crippen molar-refractivity contribution < 1.29 is 19.7 Å². The van der Waals surface area contributed by atoms with Gasteiger partial charge in [-0.15, -0.1) is 0 Å². The van der Waals surface area contributed by atoms with E-state index in [9.17, 15) is 15.0 Å². The van der Waals surface area contributed by atoms with Crippen molar-refractivity contribution in [1.29, 1.82) is 0 Å². The van der Waals surface area contributed by atoms with Crippen LogP contribution in [0.1, 0.15) is 11.8 Å². The summed E-state index contributed by atoms with van der Waals surface area (Å²) in [7, 11) is 0. The average molecular weight is 564 g/mol. The van der Waals surface area contributed by atoms with E-state index in [-0.39, 0.29) is 29.8 Å². The van der Waals surface area contributed by atoms with Gasteiger partial charge < -0.3 is 31.7 Å². The number of benzene rings is 1. The fourth-order valence-electron chi connectivity index (χ4n) is 4.53. The Bertz CT molecular complexity index is 1680. The van der Waals surface area contributed by atoms with Crippen LogP contribution in [-0.2, 0) is 16.1 Å². The molecule has 16 heteroatoms. The Hall–Kier alpha value is -4.38.